The van der Waals surface area contributed by atoms with Gasteiger partial charge in [0.2, 0.25) is 0 Å². The lowest BCUT2D eigenvalue weighted by Crippen LogP contribution is -2.32. The zero-order chi connectivity index (χ0) is 13.2. The van der Waals surface area contributed by atoms with Crippen molar-refractivity contribution in [3.63, 3.8) is 0 Å². The molecule has 2 aromatic rings. The molecule has 1 amide bonds. The van der Waals surface area contributed by atoms with Crippen LogP contribution in [0.1, 0.15) is 34.3 Å². The first-order valence-electron chi connectivity index (χ1n) is 6.20. The van der Waals surface area contributed by atoms with Crippen LogP contribution < -0.4 is 10.1 Å². The molecule has 1 N–H and O–H groups in total. The minimum Gasteiger partial charge on any atom is -0.493 e. The molecule has 19 heavy (non-hydrogen) atoms. The van der Waals surface area contributed by atoms with E-state index in [2.05, 4.69) is 10.5 Å². The summed E-state index contributed by atoms with van der Waals surface area (Å²) in [6, 6.07) is 9.31. The summed E-state index contributed by atoms with van der Waals surface area (Å²) < 4.78 is 10.5. The van der Waals surface area contributed by atoms with Gasteiger partial charge in [-0.15, -0.1) is 0 Å². The summed E-state index contributed by atoms with van der Waals surface area (Å²) in [5, 5.41) is 6.68. The van der Waals surface area contributed by atoms with E-state index in [4.69, 9.17) is 9.26 Å². The molecule has 1 atom stereocenters. The number of hydrogen-bond acceptors (Lipinski definition) is 4. The number of amides is 1. The minimum atomic E-state index is -0.224. The van der Waals surface area contributed by atoms with Gasteiger partial charge in [-0.1, -0.05) is 23.4 Å². The van der Waals surface area contributed by atoms with Crippen LogP contribution in [-0.4, -0.2) is 17.7 Å². The molecule has 1 aromatic heterocycles. The normalized spacial score (nSPS) is 17.4. The second-order valence-corrected chi connectivity index (χ2v) is 4.52. The first kappa shape index (κ1) is 11.8. The first-order valence-corrected chi connectivity index (χ1v) is 6.20. The Bertz CT molecular complexity index is 606. The minimum absolute atomic E-state index is 0.0468. The number of ether oxygens (including phenoxy) is 1. The van der Waals surface area contributed by atoms with E-state index in [1.54, 1.807) is 13.0 Å². The number of hydrogen-bond donors (Lipinski definition) is 1. The van der Waals surface area contributed by atoms with Gasteiger partial charge >= 0.3 is 0 Å². The molecule has 0 spiro atoms. The van der Waals surface area contributed by atoms with Gasteiger partial charge in [-0.05, 0) is 13.0 Å². The SMILES string of the molecule is Cc1cc(C(=O)N[C@@H]2CCOc3ccccc32)no1. The van der Waals surface area contributed by atoms with Crippen LogP contribution in [0.5, 0.6) is 5.75 Å². The third kappa shape index (κ3) is 2.31. The Hall–Kier alpha value is -2.30. The molecule has 2 heterocycles. The summed E-state index contributed by atoms with van der Waals surface area (Å²) in [4.78, 5) is 12.1. The quantitative estimate of drug-likeness (QED) is 0.897. The fraction of sp³-hybridized carbons (Fsp3) is 0.286. The van der Waals surface area contributed by atoms with Crippen LogP contribution in [0.2, 0.25) is 0 Å². The van der Waals surface area contributed by atoms with E-state index in [0.717, 1.165) is 17.7 Å². The van der Waals surface area contributed by atoms with Crippen molar-refractivity contribution < 1.29 is 14.1 Å². The van der Waals surface area contributed by atoms with E-state index in [1.165, 1.54) is 0 Å². The molecule has 0 saturated carbocycles. The number of nitrogens with one attached hydrogen (secondary N) is 1. The topological polar surface area (TPSA) is 64.4 Å². The smallest absolute Gasteiger partial charge is 0.273 e. The first-order chi connectivity index (χ1) is 9.24. The van der Waals surface area contributed by atoms with E-state index in [-0.39, 0.29) is 11.9 Å². The molecule has 5 nitrogen and oxygen atoms in total. The average molecular weight is 258 g/mol. The van der Waals surface area contributed by atoms with Crippen molar-refractivity contribution in [3.8, 4) is 5.75 Å². The highest BCUT2D eigenvalue weighted by Gasteiger charge is 2.24. The standard InChI is InChI=1S/C14H14N2O3/c1-9-8-12(16-19-9)14(17)15-11-6-7-18-13-5-3-2-4-10(11)13/h2-5,8,11H,6-7H2,1H3,(H,15,17)/t11-/m1/s1. The lowest BCUT2D eigenvalue weighted by atomic mass is 10.0. The molecule has 0 aliphatic carbocycles. The predicted octanol–water partition coefficient (Wildman–Crippen LogP) is 2.24. The second kappa shape index (κ2) is 4.76. The molecule has 0 unspecified atom stereocenters. The second-order valence-electron chi connectivity index (χ2n) is 4.52. The number of carbonyl (C=O) groups excluding carboxylic acids is 1. The number of carbonyl (C=O) groups is 1. The highest BCUT2D eigenvalue weighted by molar-refractivity contribution is 5.92. The lowest BCUT2D eigenvalue weighted by molar-refractivity contribution is 0.0915. The van der Waals surface area contributed by atoms with Gasteiger partial charge < -0.3 is 14.6 Å². The molecular weight excluding hydrogens is 244 g/mol. The molecule has 1 aromatic carbocycles. The Kier molecular flexibility index (Phi) is 2.95. The van der Waals surface area contributed by atoms with Crippen LogP contribution in [-0.2, 0) is 0 Å². The zero-order valence-corrected chi connectivity index (χ0v) is 10.6. The van der Waals surface area contributed by atoms with E-state index in [0.29, 0.717) is 18.1 Å². The van der Waals surface area contributed by atoms with Crippen LogP contribution in [0.3, 0.4) is 0 Å². The highest BCUT2D eigenvalue weighted by Crippen LogP contribution is 2.31. The Morgan fingerprint density at radius 1 is 1.42 bits per heavy atom. The predicted molar refractivity (Wildman–Crippen MR) is 68.0 cm³/mol. The van der Waals surface area contributed by atoms with Crippen molar-refractivity contribution in [2.45, 2.75) is 19.4 Å². The average Bonchev–Trinajstić information content (AvgIpc) is 2.86. The number of nitrogens with zero attached hydrogens (tertiary/aromatic N) is 1. The Morgan fingerprint density at radius 3 is 3.05 bits per heavy atom. The van der Waals surface area contributed by atoms with Crippen LogP contribution in [0, 0.1) is 6.92 Å². The summed E-state index contributed by atoms with van der Waals surface area (Å²) in [5.74, 6) is 1.23. The summed E-state index contributed by atoms with van der Waals surface area (Å²) in [6.07, 6.45) is 0.750. The number of para-hydroxylation sites is 1. The Morgan fingerprint density at radius 2 is 2.26 bits per heavy atom. The van der Waals surface area contributed by atoms with Gasteiger partial charge in [-0.2, -0.15) is 0 Å². The van der Waals surface area contributed by atoms with Crippen molar-refractivity contribution in [2.24, 2.45) is 0 Å². The van der Waals surface area contributed by atoms with E-state index in [9.17, 15) is 4.79 Å². The lowest BCUT2D eigenvalue weighted by Gasteiger charge is -2.26. The maximum absolute atomic E-state index is 12.1. The molecule has 0 bridgehead atoms. The third-order valence-corrected chi connectivity index (χ3v) is 3.12. The molecule has 3 rings (SSSR count). The van der Waals surface area contributed by atoms with Crippen LogP contribution >= 0.6 is 0 Å². The zero-order valence-electron chi connectivity index (χ0n) is 10.6. The summed E-state index contributed by atoms with van der Waals surface area (Å²) in [6.45, 7) is 2.35. The van der Waals surface area contributed by atoms with Gasteiger partial charge in [0.25, 0.3) is 5.91 Å². The molecule has 1 aliphatic rings. The van der Waals surface area contributed by atoms with Crippen molar-refractivity contribution in [3.05, 3.63) is 47.3 Å². The fourth-order valence-electron chi connectivity index (χ4n) is 2.20. The molecule has 0 fully saturated rings. The van der Waals surface area contributed by atoms with Gasteiger partial charge in [0.05, 0.1) is 12.6 Å². The monoisotopic (exact) mass is 258 g/mol. The van der Waals surface area contributed by atoms with Gasteiger partial charge in [0, 0.05) is 18.1 Å². The van der Waals surface area contributed by atoms with Crippen molar-refractivity contribution in [2.75, 3.05) is 6.61 Å². The molecule has 98 valence electrons. The number of rotatable bonds is 2. The van der Waals surface area contributed by atoms with Crippen LogP contribution in [0.15, 0.2) is 34.9 Å². The van der Waals surface area contributed by atoms with Crippen molar-refractivity contribution in [1.29, 1.82) is 0 Å². The highest BCUT2D eigenvalue weighted by atomic mass is 16.5. The van der Waals surface area contributed by atoms with E-state index >= 15 is 0 Å². The van der Waals surface area contributed by atoms with Crippen molar-refractivity contribution >= 4 is 5.91 Å². The molecule has 5 heteroatoms. The third-order valence-electron chi connectivity index (χ3n) is 3.12. The Balaban J connectivity index is 1.79. The van der Waals surface area contributed by atoms with Gasteiger partial charge in [-0.25, -0.2) is 0 Å². The number of benzene rings is 1. The summed E-state index contributed by atoms with van der Waals surface area (Å²) >= 11 is 0. The largest absolute Gasteiger partial charge is 0.493 e. The summed E-state index contributed by atoms with van der Waals surface area (Å²) in [7, 11) is 0. The molecular formula is C14H14N2O3. The van der Waals surface area contributed by atoms with E-state index in [1.807, 2.05) is 24.3 Å². The van der Waals surface area contributed by atoms with Crippen LogP contribution in [0.25, 0.3) is 0 Å². The fourth-order valence-corrected chi connectivity index (χ4v) is 2.20. The Labute approximate surface area is 110 Å². The van der Waals surface area contributed by atoms with Gasteiger partial charge in [0.1, 0.15) is 11.5 Å². The maximum Gasteiger partial charge on any atom is 0.273 e. The van der Waals surface area contributed by atoms with Crippen LogP contribution in [0.4, 0.5) is 0 Å². The van der Waals surface area contributed by atoms with E-state index < -0.39 is 0 Å². The number of aromatic nitrogens is 1. The van der Waals surface area contributed by atoms with Gasteiger partial charge in [-0.3, -0.25) is 4.79 Å². The number of aryl methyl sites for hydroxylation is 1. The maximum atomic E-state index is 12.1. The molecule has 0 saturated heterocycles. The molecule has 0 radical (unpaired) electrons. The molecule has 1 aliphatic heterocycles. The van der Waals surface area contributed by atoms with Gasteiger partial charge in [0.15, 0.2) is 5.69 Å². The van der Waals surface area contributed by atoms with Crippen molar-refractivity contribution in [1.82, 2.24) is 10.5 Å². The number of fused-ring (bicyclic) bond motifs is 1. The summed E-state index contributed by atoms with van der Waals surface area (Å²) in [5.41, 5.74) is 1.31.